The van der Waals surface area contributed by atoms with E-state index in [0.29, 0.717) is 36.1 Å². The van der Waals surface area contributed by atoms with Gasteiger partial charge in [-0.1, -0.05) is 12.1 Å². The molecule has 2 aromatic carbocycles. The second-order valence-electron chi connectivity index (χ2n) is 6.54. The summed E-state index contributed by atoms with van der Waals surface area (Å²) in [6, 6.07) is 13.5. The lowest BCUT2D eigenvalue weighted by atomic mass is 10.0. The second kappa shape index (κ2) is 10.8. The molecule has 0 N–H and O–H groups in total. The highest BCUT2D eigenvalue weighted by atomic mass is 16.5. The summed E-state index contributed by atoms with van der Waals surface area (Å²) >= 11 is 0. The van der Waals surface area contributed by atoms with Gasteiger partial charge >= 0.3 is 11.9 Å². The van der Waals surface area contributed by atoms with E-state index >= 15 is 0 Å². The van der Waals surface area contributed by atoms with Crippen molar-refractivity contribution in [2.24, 2.45) is 10.2 Å². The van der Waals surface area contributed by atoms with Gasteiger partial charge in [0.05, 0.1) is 37.1 Å². The summed E-state index contributed by atoms with van der Waals surface area (Å²) in [5, 5.41) is 8.65. The third-order valence-electron chi connectivity index (χ3n) is 4.30. The van der Waals surface area contributed by atoms with Gasteiger partial charge in [-0.05, 0) is 61.7 Å². The molecule has 0 saturated carbocycles. The second-order valence-corrected chi connectivity index (χ2v) is 6.54. The molecule has 0 spiro atoms. The first-order valence-corrected chi connectivity index (χ1v) is 9.19. The number of rotatable bonds is 9. The predicted molar refractivity (Wildman–Crippen MR) is 107 cm³/mol. The van der Waals surface area contributed by atoms with Crippen molar-refractivity contribution in [2.45, 2.75) is 32.2 Å². The maximum Gasteiger partial charge on any atom is 0.337 e. The van der Waals surface area contributed by atoms with Gasteiger partial charge in [-0.15, -0.1) is 0 Å². The molecule has 0 bridgehead atoms. The average Bonchev–Trinajstić information content (AvgIpc) is 2.75. The summed E-state index contributed by atoms with van der Waals surface area (Å²) in [5.41, 5.74) is 2.49. The first-order chi connectivity index (χ1) is 13.9. The Morgan fingerprint density at radius 3 is 1.86 bits per heavy atom. The summed E-state index contributed by atoms with van der Waals surface area (Å²) in [7, 11) is 2.67. The Bertz CT molecular complexity index is 873. The van der Waals surface area contributed by atoms with E-state index in [-0.39, 0.29) is 17.8 Å². The molecule has 29 heavy (non-hydrogen) atoms. The molecule has 0 fully saturated rings. The minimum atomic E-state index is -0.414. The van der Waals surface area contributed by atoms with Gasteiger partial charge in [0.15, 0.2) is 0 Å². The van der Waals surface area contributed by atoms with Crippen molar-refractivity contribution in [3.05, 3.63) is 65.2 Å². The van der Waals surface area contributed by atoms with Crippen LogP contribution in [0.25, 0.3) is 0 Å². The molecule has 1 unspecified atom stereocenters. The van der Waals surface area contributed by atoms with Gasteiger partial charge in [0.2, 0.25) is 0 Å². The standard InChI is InChI=1S/C22H24N2O5/c1-15(25)4-11-20(14-16-5-7-17(8-6-16)21(26)28-2)24-23-19-12-9-18(10-13-19)22(27)29-3/h5-10,12-13,20H,4,11,14H2,1-3H3. The van der Waals surface area contributed by atoms with E-state index in [1.54, 1.807) is 43.3 Å². The fourth-order valence-electron chi connectivity index (χ4n) is 2.67. The Labute approximate surface area is 169 Å². The van der Waals surface area contributed by atoms with Crippen LogP contribution < -0.4 is 0 Å². The van der Waals surface area contributed by atoms with E-state index in [9.17, 15) is 14.4 Å². The van der Waals surface area contributed by atoms with Gasteiger partial charge in [-0.3, -0.25) is 0 Å². The summed E-state index contributed by atoms with van der Waals surface area (Å²) in [6.07, 6.45) is 1.56. The molecule has 7 nitrogen and oxygen atoms in total. The molecule has 0 amide bonds. The number of carbonyl (C=O) groups is 3. The zero-order valence-corrected chi connectivity index (χ0v) is 16.8. The predicted octanol–water partition coefficient (Wildman–Crippen LogP) is 4.32. The van der Waals surface area contributed by atoms with Crippen LogP contribution in [0, 0.1) is 0 Å². The van der Waals surface area contributed by atoms with Crippen LogP contribution in [0.1, 0.15) is 46.0 Å². The number of hydrogen-bond acceptors (Lipinski definition) is 7. The van der Waals surface area contributed by atoms with Crippen LogP contribution in [0.5, 0.6) is 0 Å². The molecule has 0 radical (unpaired) electrons. The summed E-state index contributed by atoms with van der Waals surface area (Å²) in [5.74, 6) is -0.711. The number of methoxy groups -OCH3 is 2. The minimum Gasteiger partial charge on any atom is -0.465 e. The van der Waals surface area contributed by atoms with E-state index < -0.39 is 5.97 Å². The SMILES string of the molecule is COC(=O)c1ccc(CC(CCC(C)=O)N=Nc2ccc(C(=O)OC)cc2)cc1. The molecule has 0 saturated heterocycles. The molecule has 0 aliphatic carbocycles. The first kappa shape index (κ1) is 21.9. The summed E-state index contributed by atoms with van der Waals surface area (Å²) in [4.78, 5) is 34.4. The van der Waals surface area contributed by atoms with Crippen LogP contribution in [0.3, 0.4) is 0 Å². The van der Waals surface area contributed by atoms with E-state index in [1.165, 1.54) is 14.2 Å². The van der Waals surface area contributed by atoms with Gasteiger partial charge in [0.25, 0.3) is 0 Å². The Balaban J connectivity index is 2.10. The van der Waals surface area contributed by atoms with Gasteiger partial charge in [-0.25, -0.2) is 9.59 Å². The highest BCUT2D eigenvalue weighted by molar-refractivity contribution is 5.89. The smallest absolute Gasteiger partial charge is 0.337 e. The number of ketones is 1. The van der Waals surface area contributed by atoms with Crippen molar-refractivity contribution in [2.75, 3.05) is 14.2 Å². The molecular formula is C22H24N2O5. The largest absolute Gasteiger partial charge is 0.465 e. The lowest BCUT2D eigenvalue weighted by Gasteiger charge is -2.11. The van der Waals surface area contributed by atoms with Gasteiger partial charge in [-0.2, -0.15) is 10.2 Å². The topological polar surface area (TPSA) is 94.4 Å². The molecule has 7 heteroatoms. The highest BCUT2D eigenvalue weighted by Crippen LogP contribution is 2.18. The first-order valence-electron chi connectivity index (χ1n) is 9.19. The number of hydrogen-bond donors (Lipinski definition) is 0. The molecular weight excluding hydrogens is 372 g/mol. The Morgan fingerprint density at radius 2 is 1.38 bits per heavy atom. The van der Waals surface area contributed by atoms with Crippen LogP contribution in [0.2, 0.25) is 0 Å². The van der Waals surface area contributed by atoms with Crippen LogP contribution >= 0.6 is 0 Å². The number of carbonyl (C=O) groups excluding carboxylic acids is 3. The number of nitrogens with zero attached hydrogens (tertiary/aromatic N) is 2. The van der Waals surface area contributed by atoms with Crippen LogP contribution in [-0.4, -0.2) is 38.0 Å². The van der Waals surface area contributed by atoms with Gasteiger partial charge < -0.3 is 14.3 Å². The normalized spacial score (nSPS) is 11.8. The summed E-state index contributed by atoms with van der Waals surface area (Å²) < 4.78 is 9.37. The molecule has 0 aliphatic rings. The zero-order chi connectivity index (χ0) is 21.2. The Hall–Kier alpha value is -3.35. The molecule has 0 heterocycles. The number of azo groups is 1. The average molecular weight is 396 g/mol. The monoisotopic (exact) mass is 396 g/mol. The molecule has 2 aromatic rings. The van der Waals surface area contributed by atoms with Crippen molar-refractivity contribution < 1.29 is 23.9 Å². The maximum atomic E-state index is 11.5. The quantitative estimate of drug-likeness (QED) is 0.465. The van der Waals surface area contributed by atoms with Crippen molar-refractivity contribution in [1.82, 2.24) is 0 Å². The molecule has 0 aliphatic heterocycles. The molecule has 0 aromatic heterocycles. The molecule has 1 atom stereocenters. The zero-order valence-electron chi connectivity index (χ0n) is 16.8. The Morgan fingerprint density at radius 1 is 0.862 bits per heavy atom. The van der Waals surface area contributed by atoms with E-state index in [4.69, 9.17) is 4.74 Å². The van der Waals surface area contributed by atoms with Crippen LogP contribution in [0.4, 0.5) is 5.69 Å². The number of ether oxygens (including phenoxy) is 2. The minimum absolute atomic E-state index is 0.0914. The Kier molecular flexibility index (Phi) is 8.21. The van der Waals surface area contributed by atoms with Crippen molar-refractivity contribution in [3.8, 4) is 0 Å². The van der Waals surface area contributed by atoms with E-state index in [1.807, 2.05) is 12.1 Å². The lowest BCUT2D eigenvalue weighted by molar-refractivity contribution is -0.117. The molecule has 152 valence electrons. The third-order valence-corrected chi connectivity index (χ3v) is 4.30. The van der Waals surface area contributed by atoms with Crippen LogP contribution in [0.15, 0.2) is 58.8 Å². The lowest BCUT2D eigenvalue weighted by Crippen LogP contribution is -2.10. The van der Waals surface area contributed by atoms with Crippen molar-refractivity contribution in [3.63, 3.8) is 0 Å². The fourth-order valence-corrected chi connectivity index (χ4v) is 2.67. The van der Waals surface area contributed by atoms with E-state index in [2.05, 4.69) is 15.0 Å². The number of Topliss-reactive ketones (excluding diaryl/α,β-unsaturated/α-hetero) is 1. The van der Waals surface area contributed by atoms with Gasteiger partial charge in [0.1, 0.15) is 5.78 Å². The van der Waals surface area contributed by atoms with Gasteiger partial charge in [0, 0.05) is 6.42 Å². The van der Waals surface area contributed by atoms with Crippen molar-refractivity contribution in [1.29, 1.82) is 0 Å². The van der Waals surface area contributed by atoms with E-state index in [0.717, 1.165) is 5.56 Å². The maximum absolute atomic E-state index is 11.5. The van der Waals surface area contributed by atoms with Crippen LogP contribution in [-0.2, 0) is 20.7 Å². The number of esters is 2. The fraction of sp³-hybridized carbons (Fsp3) is 0.318. The summed E-state index contributed by atoms with van der Waals surface area (Å²) in [6.45, 7) is 1.55. The molecule has 2 rings (SSSR count). The third kappa shape index (κ3) is 6.95. The number of benzene rings is 2. The highest BCUT2D eigenvalue weighted by Gasteiger charge is 2.12. The van der Waals surface area contributed by atoms with Crippen molar-refractivity contribution >= 4 is 23.4 Å².